The maximum absolute atomic E-state index is 15.0. The van der Waals surface area contributed by atoms with E-state index in [1.807, 2.05) is 61.5 Å². The molecule has 9 heteroatoms. The van der Waals surface area contributed by atoms with E-state index in [4.69, 9.17) is 4.74 Å². The number of carbonyl (C=O) groups is 3. The largest absolute Gasteiger partial charge is 0.396 e. The summed E-state index contributed by atoms with van der Waals surface area (Å²) >= 11 is 0. The molecule has 252 valence electrons. The number of hydrogen-bond acceptors (Lipinski definition) is 6. The first-order chi connectivity index (χ1) is 22.6. The molecule has 47 heavy (non-hydrogen) atoms. The SMILES string of the molecule is C=CCN(C(=O)C1N(CCCCO)C(=O)[C@@H]2[C@H](C(=O)N(CC=C)c3ccccc3)[C@@]3(C)OC12CC3C)c1ccc(N(CC)CC)cc1. The van der Waals surface area contributed by atoms with Gasteiger partial charge in [0.25, 0.3) is 5.91 Å². The molecule has 3 amide bonds. The highest BCUT2D eigenvalue weighted by molar-refractivity contribution is 6.07. The lowest BCUT2D eigenvalue weighted by Gasteiger charge is -2.39. The van der Waals surface area contributed by atoms with Gasteiger partial charge in [0.2, 0.25) is 11.8 Å². The Labute approximate surface area is 279 Å². The van der Waals surface area contributed by atoms with Crippen molar-refractivity contribution in [1.82, 2.24) is 4.90 Å². The summed E-state index contributed by atoms with van der Waals surface area (Å²) in [5.41, 5.74) is 0.353. The molecule has 0 aliphatic carbocycles. The Kier molecular flexibility index (Phi) is 10.3. The fraction of sp³-hybridized carbons (Fsp3) is 0.500. The van der Waals surface area contributed by atoms with Crippen LogP contribution in [0.15, 0.2) is 79.9 Å². The summed E-state index contributed by atoms with van der Waals surface area (Å²) in [5, 5.41) is 9.58. The standard InChI is InChI=1S/C38H50N4O5/c1-7-22-40(29-16-12-11-13-17-29)34(44)31-32-35(45)42(24-14-15-25-43)33(38(32)26-27(5)37(31,6)47-38)36(46)41(23-8-2)30-20-18-28(19-21-30)39(9-3)10-4/h7-8,11-13,16-21,27,31-33,43H,1-2,9-10,14-15,22-26H2,3-6H3/t27?,31-,32+,33?,37+,38?/m1/s1. The van der Waals surface area contributed by atoms with Crippen LogP contribution in [0.3, 0.4) is 0 Å². The summed E-state index contributed by atoms with van der Waals surface area (Å²) < 4.78 is 7.00. The highest BCUT2D eigenvalue weighted by Gasteiger charge is 2.80. The Bertz CT molecular complexity index is 1460. The van der Waals surface area contributed by atoms with Gasteiger partial charge in [-0.15, -0.1) is 13.2 Å². The quantitative estimate of drug-likeness (QED) is 0.216. The number of aliphatic hydroxyl groups excluding tert-OH is 1. The molecule has 5 rings (SSSR count). The second-order valence-electron chi connectivity index (χ2n) is 13.2. The predicted octanol–water partition coefficient (Wildman–Crippen LogP) is 5.05. The van der Waals surface area contributed by atoms with E-state index in [9.17, 15) is 19.5 Å². The molecular formula is C38H50N4O5. The Hall–Kier alpha value is -3.95. The number of anilines is 3. The molecule has 3 aliphatic rings. The average molecular weight is 643 g/mol. The van der Waals surface area contributed by atoms with E-state index in [2.05, 4.69) is 38.8 Å². The number of benzene rings is 2. The molecule has 3 aliphatic heterocycles. The van der Waals surface area contributed by atoms with Crippen LogP contribution < -0.4 is 14.7 Å². The number of para-hydroxylation sites is 1. The minimum atomic E-state index is -1.18. The topological polar surface area (TPSA) is 93.6 Å². The summed E-state index contributed by atoms with van der Waals surface area (Å²) in [6, 6.07) is 16.4. The van der Waals surface area contributed by atoms with Gasteiger partial charge in [0.1, 0.15) is 11.6 Å². The number of rotatable bonds is 15. The molecule has 0 radical (unpaired) electrons. The summed E-state index contributed by atoms with van der Waals surface area (Å²) in [7, 11) is 0. The minimum Gasteiger partial charge on any atom is -0.396 e. The van der Waals surface area contributed by atoms with Crippen molar-refractivity contribution in [3.63, 3.8) is 0 Å². The van der Waals surface area contributed by atoms with Crippen LogP contribution in [0, 0.1) is 17.8 Å². The van der Waals surface area contributed by atoms with E-state index < -0.39 is 29.1 Å². The van der Waals surface area contributed by atoms with Gasteiger partial charge in [-0.1, -0.05) is 37.3 Å². The highest BCUT2D eigenvalue weighted by Crippen LogP contribution is 2.65. The van der Waals surface area contributed by atoms with Crippen LogP contribution in [-0.4, -0.2) is 84.3 Å². The molecule has 2 aromatic rings. The van der Waals surface area contributed by atoms with Crippen molar-refractivity contribution in [3.8, 4) is 0 Å². The number of fused-ring (bicyclic) bond motifs is 1. The number of amides is 3. The Morgan fingerprint density at radius 2 is 1.51 bits per heavy atom. The van der Waals surface area contributed by atoms with Gasteiger partial charge in [-0.05, 0) is 82.3 Å². The van der Waals surface area contributed by atoms with Gasteiger partial charge in [0.05, 0.1) is 17.4 Å². The van der Waals surface area contributed by atoms with Crippen LogP contribution in [0.4, 0.5) is 17.1 Å². The van der Waals surface area contributed by atoms with Crippen LogP contribution in [-0.2, 0) is 19.1 Å². The van der Waals surface area contributed by atoms with Crippen molar-refractivity contribution in [2.75, 3.05) is 54.0 Å². The van der Waals surface area contributed by atoms with Crippen molar-refractivity contribution in [2.24, 2.45) is 17.8 Å². The second kappa shape index (κ2) is 14.0. The fourth-order valence-electron chi connectivity index (χ4n) is 8.29. The third-order valence-electron chi connectivity index (χ3n) is 10.6. The Morgan fingerprint density at radius 1 is 0.936 bits per heavy atom. The molecule has 6 atom stereocenters. The Morgan fingerprint density at radius 3 is 2.09 bits per heavy atom. The van der Waals surface area contributed by atoms with Crippen LogP contribution in [0.2, 0.25) is 0 Å². The molecule has 3 unspecified atom stereocenters. The molecule has 1 spiro atoms. The number of carbonyl (C=O) groups excluding carboxylic acids is 3. The number of hydrogen-bond donors (Lipinski definition) is 1. The van der Waals surface area contributed by atoms with Crippen LogP contribution in [0.25, 0.3) is 0 Å². The molecule has 2 bridgehead atoms. The van der Waals surface area contributed by atoms with Gasteiger partial charge in [0, 0.05) is 56.4 Å². The van der Waals surface area contributed by atoms with E-state index >= 15 is 0 Å². The lowest BCUT2D eigenvalue weighted by Crippen LogP contribution is -2.57. The van der Waals surface area contributed by atoms with Crippen molar-refractivity contribution in [2.45, 2.75) is 64.2 Å². The first kappa shape index (κ1) is 34.4. The van der Waals surface area contributed by atoms with E-state index in [0.29, 0.717) is 30.6 Å². The zero-order valence-corrected chi connectivity index (χ0v) is 28.3. The van der Waals surface area contributed by atoms with Crippen LogP contribution in [0.5, 0.6) is 0 Å². The van der Waals surface area contributed by atoms with Crippen molar-refractivity contribution in [3.05, 3.63) is 79.9 Å². The van der Waals surface area contributed by atoms with E-state index in [-0.39, 0.29) is 49.9 Å². The van der Waals surface area contributed by atoms with E-state index in [0.717, 1.165) is 18.8 Å². The van der Waals surface area contributed by atoms with Crippen molar-refractivity contribution in [1.29, 1.82) is 0 Å². The van der Waals surface area contributed by atoms with Gasteiger partial charge < -0.3 is 29.4 Å². The first-order valence-corrected chi connectivity index (χ1v) is 17.0. The molecule has 0 saturated carbocycles. The lowest BCUT2D eigenvalue weighted by molar-refractivity contribution is -0.145. The van der Waals surface area contributed by atoms with Crippen molar-refractivity contribution < 1.29 is 24.2 Å². The van der Waals surface area contributed by atoms with Crippen LogP contribution in [0.1, 0.15) is 47.0 Å². The third-order valence-corrected chi connectivity index (χ3v) is 10.6. The number of unbranched alkanes of at least 4 members (excludes halogenated alkanes) is 1. The zero-order valence-electron chi connectivity index (χ0n) is 28.3. The summed E-state index contributed by atoms with van der Waals surface area (Å²) in [5.74, 6) is -2.41. The number of aliphatic hydroxyl groups is 1. The van der Waals surface area contributed by atoms with E-state index in [1.54, 1.807) is 26.9 Å². The number of nitrogens with zero attached hydrogens (tertiary/aromatic N) is 4. The summed E-state index contributed by atoms with van der Waals surface area (Å²) in [6.07, 6.45) is 4.86. The molecule has 2 aromatic carbocycles. The smallest absolute Gasteiger partial charge is 0.253 e. The summed E-state index contributed by atoms with van der Waals surface area (Å²) in [4.78, 5) is 51.5. The molecule has 3 fully saturated rings. The zero-order chi connectivity index (χ0) is 33.9. The maximum atomic E-state index is 15.0. The molecule has 1 N–H and O–H groups in total. The predicted molar refractivity (Wildman–Crippen MR) is 186 cm³/mol. The number of likely N-dealkylation sites (tertiary alicyclic amines) is 1. The first-order valence-electron chi connectivity index (χ1n) is 17.0. The monoisotopic (exact) mass is 642 g/mol. The minimum absolute atomic E-state index is 0.0169. The van der Waals surface area contributed by atoms with Gasteiger partial charge in [-0.3, -0.25) is 14.4 Å². The van der Waals surface area contributed by atoms with Gasteiger partial charge in [0.15, 0.2) is 0 Å². The normalized spacial score (nSPS) is 27.4. The lowest BCUT2D eigenvalue weighted by atomic mass is 9.62. The third kappa shape index (κ3) is 5.78. The molecule has 0 aromatic heterocycles. The molecule has 3 heterocycles. The number of ether oxygens (including phenoxy) is 1. The van der Waals surface area contributed by atoms with Gasteiger partial charge >= 0.3 is 0 Å². The second-order valence-corrected chi connectivity index (χ2v) is 13.2. The summed E-state index contributed by atoms with van der Waals surface area (Å²) in [6.45, 7) is 18.5. The Balaban J connectivity index is 1.58. The maximum Gasteiger partial charge on any atom is 0.253 e. The van der Waals surface area contributed by atoms with Gasteiger partial charge in [-0.2, -0.15) is 0 Å². The molecule has 9 nitrogen and oxygen atoms in total. The van der Waals surface area contributed by atoms with Crippen LogP contribution >= 0.6 is 0 Å². The van der Waals surface area contributed by atoms with Gasteiger partial charge in [-0.25, -0.2) is 0 Å². The van der Waals surface area contributed by atoms with Crippen molar-refractivity contribution >= 4 is 34.8 Å². The fourth-order valence-corrected chi connectivity index (χ4v) is 8.29. The average Bonchev–Trinajstić information content (AvgIpc) is 3.59. The van der Waals surface area contributed by atoms with E-state index in [1.165, 1.54) is 0 Å². The molecule has 3 saturated heterocycles. The highest BCUT2D eigenvalue weighted by atomic mass is 16.5. The molecular weight excluding hydrogens is 592 g/mol.